The van der Waals surface area contributed by atoms with E-state index in [1.165, 1.54) is 18.7 Å². The third kappa shape index (κ3) is 18.1. The summed E-state index contributed by atoms with van der Waals surface area (Å²) in [5, 5.41) is 40.0. The predicted octanol–water partition coefficient (Wildman–Crippen LogP) is -2.22. The summed E-state index contributed by atoms with van der Waals surface area (Å²) in [6, 6.07) is 6.00. The Hall–Kier alpha value is -7.55. The molecule has 0 saturated carbocycles. The number of aromatic nitrogens is 1. The second-order valence-corrected chi connectivity index (χ2v) is 20.7. The Morgan fingerprint density at radius 3 is 2.05 bits per heavy atom. The van der Waals surface area contributed by atoms with Gasteiger partial charge in [0.05, 0.1) is 0 Å². The smallest absolute Gasteiger partial charge is 0.245 e. The van der Waals surface area contributed by atoms with Crippen molar-refractivity contribution in [2.24, 2.45) is 17.2 Å². The van der Waals surface area contributed by atoms with E-state index < -0.39 is 101 Å². The van der Waals surface area contributed by atoms with Gasteiger partial charge in [-0.3, -0.25) is 54.0 Å². The van der Waals surface area contributed by atoms with Crippen molar-refractivity contribution < 1.29 is 43.2 Å². The molecule has 2 aliphatic heterocycles. The van der Waals surface area contributed by atoms with Crippen molar-refractivity contribution >= 4 is 97.6 Å². The van der Waals surface area contributed by atoms with Crippen molar-refractivity contribution in [1.29, 1.82) is 10.8 Å². The summed E-state index contributed by atoms with van der Waals surface area (Å²) < 4.78 is 0. The molecule has 8 atom stereocenters. The molecule has 0 radical (unpaired) electrons. The number of para-hydroxylation sites is 1. The lowest BCUT2D eigenvalue weighted by Crippen LogP contribution is -2.60. The molecule has 2 aromatic carbocycles. The van der Waals surface area contributed by atoms with Gasteiger partial charge >= 0.3 is 0 Å². The Balaban J connectivity index is 1.51. The number of primary amides is 1. The predicted molar refractivity (Wildman–Crippen MR) is 284 cm³/mol. The molecule has 0 unspecified atom stereocenters. The van der Waals surface area contributed by atoms with Gasteiger partial charge in [-0.25, -0.2) is 0 Å². The highest BCUT2D eigenvalue weighted by Gasteiger charge is 2.40. The molecular weight excluding hydrogens is 1010 g/mol. The first kappa shape index (κ1) is 58.3. The highest BCUT2D eigenvalue weighted by atomic mass is 33.1. The number of carbonyl (C=O) groups is 9. The van der Waals surface area contributed by atoms with Crippen molar-refractivity contribution in [2.45, 2.75) is 114 Å². The minimum absolute atomic E-state index is 0.0223. The summed E-state index contributed by atoms with van der Waals surface area (Å²) in [5.74, 6) is -7.54. The minimum atomic E-state index is -1.36. The van der Waals surface area contributed by atoms with Crippen LogP contribution in [0.4, 0.5) is 0 Å². The molecule has 2 aliphatic rings. The van der Waals surface area contributed by atoms with Crippen LogP contribution in [0.3, 0.4) is 0 Å². The van der Waals surface area contributed by atoms with Crippen molar-refractivity contribution in [1.82, 2.24) is 57.7 Å². The normalized spacial score (nSPS) is 23.0. The molecule has 0 bridgehead atoms. The summed E-state index contributed by atoms with van der Waals surface area (Å²) in [4.78, 5) is 130. The van der Waals surface area contributed by atoms with E-state index in [4.69, 9.17) is 28.0 Å². The van der Waals surface area contributed by atoms with Crippen LogP contribution in [0.15, 0.2) is 60.8 Å². The van der Waals surface area contributed by atoms with Gasteiger partial charge in [0.2, 0.25) is 53.2 Å². The van der Waals surface area contributed by atoms with E-state index in [9.17, 15) is 43.2 Å². The van der Waals surface area contributed by atoms with E-state index in [1.807, 2.05) is 18.2 Å². The van der Waals surface area contributed by atoms with Crippen LogP contribution < -0.4 is 65.1 Å². The maximum absolute atomic E-state index is 14.6. The van der Waals surface area contributed by atoms with E-state index >= 15 is 0 Å². The Labute approximate surface area is 441 Å². The molecule has 3 aromatic rings. The molecule has 27 heteroatoms. The second-order valence-electron chi connectivity index (χ2n) is 18.2. The fourth-order valence-electron chi connectivity index (χ4n) is 8.53. The zero-order valence-electron chi connectivity index (χ0n) is 41.8. The van der Waals surface area contributed by atoms with Gasteiger partial charge in [0.15, 0.2) is 11.9 Å². The number of nitrogens with zero attached hydrogens (tertiary/aromatic N) is 1. The topological polar surface area (TPSA) is 407 Å². The average molecular weight is 1080 g/mol. The fraction of sp³-hybridized carbons (Fsp3) is 0.479. The summed E-state index contributed by atoms with van der Waals surface area (Å²) in [6.45, 7) is 3.13. The molecular formula is C48H68N16O9S2. The van der Waals surface area contributed by atoms with Gasteiger partial charge in [-0.2, -0.15) is 0 Å². The van der Waals surface area contributed by atoms with Gasteiger partial charge in [0.25, 0.3) is 0 Å². The van der Waals surface area contributed by atoms with Gasteiger partial charge in [-0.15, -0.1) is 0 Å². The van der Waals surface area contributed by atoms with Crippen LogP contribution in [-0.4, -0.2) is 154 Å². The number of hydrogen-bond donors (Lipinski definition) is 15. The zero-order chi connectivity index (χ0) is 54.6. The number of benzene rings is 2. The Bertz CT molecular complexity index is 2550. The number of H-pyrrole nitrogens is 1. The Morgan fingerprint density at radius 1 is 0.747 bits per heavy atom. The van der Waals surface area contributed by atoms with Crippen LogP contribution in [-0.2, 0) is 56.0 Å². The van der Waals surface area contributed by atoms with Crippen LogP contribution in [0.1, 0.15) is 63.5 Å². The number of aromatic amines is 1. The molecule has 0 spiro atoms. The number of amides is 9. The lowest BCUT2D eigenvalue weighted by Gasteiger charge is -2.30. The zero-order valence-corrected chi connectivity index (χ0v) is 43.4. The number of nitrogens with two attached hydrogens (primary N) is 3. The lowest BCUT2D eigenvalue weighted by molar-refractivity contribution is -0.142. The number of rotatable bonds is 16. The first-order chi connectivity index (χ1) is 35.8. The van der Waals surface area contributed by atoms with Crippen LogP contribution >= 0.6 is 21.6 Å². The molecule has 5 rings (SSSR count). The molecule has 1 aromatic heterocycles. The van der Waals surface area contributed by atoms with E-state index in [0.717, 1.165) is 32.5 Å². The Kier molecular flexibility index (Phi) is 22.4. The third-order valence-electron chi connectivity index (χ3n) is 12.4. The molecule has 0 aliphatic carbocycles. The van der Waals surface area contributed by atoms with E-state index in [2.05, 4.69) is 52.8 Å². The molecule has 25 nitrogen and oxygen atoms in total. The summed E-state index contributed by atoms with van der Waals surface area (Å²) in [5.41, 5.74) is 18.8. The lowest BCUT2D eigenvalue weighted by atomic mass is 10.0. The first-order valence-corrected chi connectivity index (χ1v) is 27.0. The van der Waals surface area contributed by atoms with Gasteiger partial charge in [0, 0.05) is 68.0 Å². The number of fused-ring (bicyclic) bond motifs is 2. The van der Waals surface area contributed by atoms with Crippen molar-refractivity contribution in [3.63, 3.8) is 0 Å². The fourth-order valence-corrected chi connectivity index (χ4v) is 10.9. The van der Waals surface area contributed by atoms with E-state index in [-0.39, 0.29) is 81.6 Å². The standard InChI is InChI=1S/C48H68N16O9S2/c1-26-46(73)64-20-10-17-38(64)45(72)61-34(21-28-11-4-3-5-12-28)42(69)59-33(16-9-19-55-48(52)53)41(68)60-35(22-29-23-56-31-14-7-6-13-30(29)31)43(70)62-36(39(49)66)24-74-75-25-37(44(71)57-26)63-40(67)32(58-27(2)65)15-8-18-54-47(50)51/h3-7,11-14,23,26,32-38,56H,8-10,15-22,24-25H2,1-2H3,(H2,49,66)(H,57,71)(H,58,65)(H,59,69)(H,60,68)(H,61,72)(H,62,70)(H,63,67)(H4,50,51,54)(H4,52,53,55)/t26-,32+,33+,34-,35+,36+,37+,38+/m1/s1. The highest BCUT2D eigenvalue weighted by Crippen LogP contribution is 2.25. The molecule has 2 fully saturated rings. The molecule has 75 heavy (non-hydrogen) atoms. The maximum Gasteiger partial charge on any atom is 0.245 e. The molecule has 18 N–H and O–H groups in total. The molecule has 9 amide bonds. The monoisotopic (exact) mass is 1080 g/mol. The number of nitrogens with one attached hydrogen (secondary N) is 12. The third-order valence-corrected chi connectivity index (χ3v) is 14.8. The maximum atomic E-state index is 14.6. The first-order valence-electron chi connectivity index (χ1n) is 24.5. The minimum Gasteiger partial charge on any atom is -0.370 e. The van der Waals surface area contributed by atoms with Gasteiger partial charge < -0.3 is 74.9 Å². The Morgan fingerprint density at radius 2 is 1.36 bits per heavy atom. The average Bonchev–Trinajstić information content (AvgIpc) is 4.03. The summed E-state index contributed by atoms with van der Waals surface area (Å²) in [7, 11) is 2.06. The molecule has 2 saturated heterocycles. The number of hydrogen-bond acceptors (Lipinski definition) is 13. The summed E-state index contributed by atoms with van der Waals surface area (Å²) in [6.07, 6.45) is 2.76. The van der Waals surface area contributed by atoms with E-state index in [0.29, 0.717) is 24.0 Å². The second kappa shape index (κ2) is 28.8. The van der Waals surface area contributed by atoms with Crippen LogP contribution in [0.25, 0.3) is 10.9 Å². The van der Waals surface area contributed by atoms with Crippen molar-refractivity contribution in [3.05, 3.63) is 71.9 Å². The van der Waals surface area contributed by atoms with Crippen molar-refractivity contribution in [2.75, 3.05) is 31.1 Å². The van der Waals surface area contributed by atoms with Crippen LogP contribution in [0, 0.1) is 10.8 Å². The van der Waals surface area contributed by atoms with Crippen LogP contribution in [0.5, 0.6) is 0 Å². The summed E-state index contributed by atoms with van der Waals surface area (Å²) >= 11 is 0. The van der Waals surface area contributed by atoms with Gasteiger partial charge in [-0.1, -0.05) is 70.1 Å². The SMILES string of the molecule is CC(=O)N[C@@H](CCCNC(=N)N)C(=O)N[C@H]1CSSC[C@@H](C(N)=O)NC(=O)[C@H](Cc2c[nH]c3ccccc23)NC(=O)[C@H](CCCNC(=N)N)NC(=O)[C@@H](Cc2ccccc2)NC(=O)[C@@H]2CCCN2C(=O)[C@@H](C)NC1=O. The van der Waals surface area contributed by atoms with E-state index in [1.54, 1.807) is 42.6 Å². The number of guanidine groups is 2. The van der Waals surface area contributed by atoms with Crippen molar-refractivity contribution in [3.8, 4) is 0 Å². The number of carbonyl (C=O) groups excluding carboxylic acids is 9. The highest BCUT2D eigenvalue weighted by molar-refractivity contribution is 8.76. The molecule has 406 valence electrons. The quantitative estimate of drug-likeness (QED) is 0.0313. The largest absolute Gasteiger partial charge is 0.370 e. The molecule has 3 heterocycles. The van der Waals surface area contributed by atoms with Gasteiger partial charge in [-0.05, 0) is 62.6 Å². The van der Waals surface area contributed by atoms with Crippen LogP contribution in [0.2, 0.25) is 0 Å². The van der Waals surface area contributed by atoms with Gasteiger partial charge in [0.1, 0.15) is 48.3 Å².